The van der Waals surface area contributed by atoms with E-state index in [4.69, 9.17) is 9.47 Å². The van der Waals surface area contributed by atoms with Gasteiger partial charge in [-0.1, -0.05) is 6.07 Å². The van der Waals surface area contributed by atoms with Crippen LogP contribution in [-0.2, 0) is 10.0 Å². The zero-order valence-corrected chi connectivity index (χ0v) is 16.5. The van der Waals surface area contributed by atoms with Crippen molar-refractivity contribution in [2.75, 3.05) is 11.5 Å². The number of ether oxygens (including phenoxy) is 2. The zero-order valence-electron chi connectivity index (χ0n) is 14.9. The van der Waals surface area contributed by atoms with E-state index in [0.29, 0.717) is 22.7 Å². The third-order valence-corrected chi connectivity index (χ3v) is 6.71. The zero-order chi connectivity index (χ0) is 20.3. The Labute approximate surface area is 170 Å². The standard InChI is InChI=1S/C19H15N3O5S2/c23-19(21-20-11-13-3-8-16-17(10-13)27-12-26-16)14-4-6-15(7-5-14)22-29(24,25)18-2-1-9-28-18/h1-11,22H,12H2,(H,21,23). The van der Waals surface area contributed by atoms with Gasteiger partial charge in [-0.3, -0.25) is 9.52 Å². The fourth-order valence-electron chi connectivity index (χ4n) is 2.53. The molecule has 2 N–H and O–H groups in total. The fourth-order valence-corrected chi connectivity index (χ4v) is 4.59. The average molecular weight is 429 g/mol. The van der Waals surface area contributed by atoms with Crippen LogP contribution in [-0.4, -0.2) is 27.3 Å². The van der Waals surface area contributed by atoms with Gasteiger partial charge in [0.05, 0.1) is 6.21 Å². The first-order valence-electron chi connectivity index (χ1n) is 8.41. The van der Waals surface area contributed by atoms with Crippen LogP contribution in [0.5, 0.6) is 11.5 Å². The van der Waals surface area contributed by atoms with Gasteiger partial charge < -0.3 is 9.47 Å². The Kier molecular flexibility index (Phi) is 5.19. The van der Waals surface area contributed by atoms with E-state index in [-0.39, 0.29) is 11.0 Å². The first-order chi connectivity index (χ1) is 14.0. The Hall–Kier alpha value is -3.37. The number of rotatable bonds is 6. The lowest BCUT2D eigenvalue weighted by atomic mass is 10.2. The molecule has 0 bridgehead atoms. The Bertz CT molecular complexity index is 1160. The highest BCUT2D eigenvalue weighted by Gasteiger charge is 2.15. The van der Waals surface area contributed by atoms with Crippen LogP contribution in [0.3, 0.4) is 0 Å². The smallest absolute Gasteiger partial charge is 0.271 e. The molecule has 8 nitrogen and oxygen atoms in total. The molecule has 2 heterocycles. The number of fused-ring (bicyclic) bond motifs is 1. The maximum atomic E-state index is 12.2. The van der Waals surface area contributed by atoms with Crippen molar-refractivity contribution in [2.45, 2.75) is 4.21 Å². The molecule has 0 atom stereocenters. The normalized spacial score (nSPS) is 12.8. The molecule has 1 aliphatic heterocycles. The van der Waals surface area contributed by atoms with Gasteiger partial charge in [-0.15, -0.1) is 11.3 Å². The van der Waals surface area contributed by atoms with E-state index >= 15 is 0 Å². The second kappa shape index (κ2) is 7.94. The number of hydrogen-bond donors (Lipinski definition) is 2. The number of sulfonamides is 1. The molecule has 0 spiro atoms. The van der Waals surface area contributed by atoms with E-state index in [1.165, 1.54) is 36.5 Å². The summed E-state index contributed by atoms with van der Waals surface area (Å²) in [5.41, 5.74) is 3.87. The molecule has 0 unspecified atom stereocenters. The SMILES string of the molecule is O=C(NN=Cc1ccc2c(c1)OCO2)c1ccc(NS(=O)(=O)c2cccs2)cc1. The number of nitrogens with zero attached hydrogens (tertiary/aromatic N) is 1. The van der Waals surface area contributed by atoms with Crippen LogP contribution in [0.25, 0.3) is 0 Å². The first kappa shape index (κ1) is 19.0. The predicted molar refractivity (Wildman–Crippen MR) is 109 cm³/mol. The van der Waals surface area contributed by atoms with Crippen molar-refractivity contribution in [2.24, 2.45) is 5.10 Å². The van der Waals surface area contributed by atoms with Gasteiger partial charge in [0.25, 0.3) is 15.9 Å². The quantitative estimate of drug-likeness (QED) is 0.463. The van der Waals surface area contributed by atoms with Crippen molar-refractivity contribution < 1.29 is 22.7 Å². The highest BCUT2D eigenvalue weighted by atomic mass is 32.2. The van der Waals surface area contributed by atoms with E-state index in [2.05, 4.69) is 15.2 Å². The second-order valence-electron chi connectivity index (χ2n) is 5.93. The molecule has 29 heavy (non-hydrogen) atoms. The molecule has 1 amide bonds. The summed E-state index contributed by atoms with van der Waals surface area (Å²) in [5, 5.41) is 5.61. The number of carbonyl (C=O) groups is 1. The summed E-state index contributed by atoms with van der Waals surface area (Å²) < 4.78 is 37.6. The van der Waals surface area contributed by atoms with Crippen LogP contribution in [0.1, 0.15) is 15.9 Å². The molecule has 1 aliphatic rings. The van der Waals surface area contributed by atoms with Crippen molar-refractivity contribution >= 4 is 39.2 Å². The Morgan fingerprint density at radius 2 is 1.86 bits per heavy atom. The summed E-state index contributed by atoms with van der Waals surface area (Å²) in [7, 11) is -3.63. The molecule has 0 aliphatic carbocycles. The summed E-state index contributed by atoms with van der Waals surface area (Å²) in [6.07, 6.45) is 1.49. The lowest BCUT2D eigenvalue weighted by Crippen LogP contribution is -2.17. The maximum Gasteiger partial charge on any atom is 0.271 e. The summed E-state index contributed by atoms with van der Waals surface area (Å²) in [4.78, 5) is 12.2. The minimum absolute atomic E-state index is 0.187. The highest BCUT2D eigenvalue weighted by Crippen LogP contribution is 2.32. The molecule has 1 aromatic heterocycles. The number of anilines is 1. The number of nitrogens with one attached hydrogen (secondary N) is 2. The predicted octanol–water partition coefficient (Wildman–Crippen LogP) is 3.04. The lowest BCUT2D eigenvalue weighted by Gasteiger charge is -2.07. The average Bonchev–Trinajstić information content (AvgIpc) is 3.40. The van der Waals surface area contributed by atoms with E-state index in [9.17, 15) is 13.2 Å². The molecule has 2 aromatic carbocycles. The number of thiophene rings is 1. The highest BCUT2D eigenvalue weighted by molar-refractivity contribution is 7.94. The number of hydrazone groups is 1. The van der Waals surface area contributed by atoms with Crippen LogP contribution in [0.4, 0.5) is 5.69 Å². The molecule has 0 radical (unpaired) electrons. The van der Waals surface area contributed by atoms with Crippen LogP contribution in [0.15, 0.2) is 69.3 Å². The van der Waals surface area contributed by atoms with Crippen molar-refractivity contribution in [3.05, 3.63) is 71.1 Å². The third-order valence-electron chi connectivity index (χ3n) is 3.94. The Morgan fingerprint density at radius 3 is 2.62 bits per heavy atom. The molecule has 4 rings (SSSR count). The largest absolute Gasteiger partial charge is 0.454 e. The van der Waals surface area contributed by atoms with E-state index in [1.54, 1.807) is 29.6 Å². The van der Waals surface area contributed by atoms with Gasteiger partial charge in [-0.2, -0.15) is 5.10 Å². The van der Waals surface area contributed by atoms with Crippen molar-refractivity contribution in [1.29, 1.82) is 0 Å². The van der Waals surface area contributed by atoms with Gasteiger partial charge in [0.1, 0.15) is 4.21 Å². The number of hydrogen-bond acceptors (Lipinski definition) is 7. The molecule has 0 saturated carbocycles. The van der Waals surface area contributed by atoms with Crippen molar-refractivity contribution in [3.63, 3.8) is 0 Å². The molecular weight excluding hydrogens is 414 g/mol. The van der Waals surface area contributed by atoms with Gasteiger partial charge in [0, 0.05) is 11.3 Å². The van der Waals surface area contributed by atoms with Gasteiger partial charge in [0.15, 0.2) is 11.5 Å². The summed E-state index contributed by atoms with van der Waals surface area (Å²) in [6, 6.07) is 14.5. The monoisotopic (exact) mass is 429 g/mol. The van der Waals surface area contributed by atoms with Gasteiger partial charge in [0.2, 0.25) is 6.79 Å². The van der Waals surface area contributed by atoms with Gasteiger partial charge in [-0.25, -0.2) is 13.8 Å². The molecule has 10 heteroatoms. The summed E-state index contributed by atoms with van der Waals surface area (Å²) in [6.45, 7) is 0.187. The molecule has 0 saturated heterocycles. The van der Waals surface area contributed by atoms with Crippen LogP contribution >= 0.6 is 11.3 Å². The van der Waals surface area contributed by atoms with Crippen LogP contribution < -0.4 is 19.6 Å². The minimum Gasteiger partial charge on any atom is -0.454 e. The molecular formula is C19H15N3O5S2. The van der Waals surface area contributed by atoms with Crippen LogP contribution in [0, 0.1) is 0 Å². The maximum absolute atomic E-state index is 12.2. The topological polar surface area (TPSA) is 106 Å². The van der Waals surface area contributed by atoms with E-state index in [1.807, 2.05) is 0 Å². The van der Waals surface area contributed by atoms with E-state index in [0.717, 1.165) is 16.9 Å². The first-order valence-corrected chi connectivity index (χ1v) is 10.8. The third kappa shape index (κ3) is 4.39. The lowest BCUT2D eigenvalue weighted by molar-refractivity contribution is 0.0955. The second-order valence-corrected chi connectivity index (χ2v) is 8.78. The fraction of sp³-hybridized carbons (Fsp3) is 0.0526. The summed E-state index contributed by atoms with van der Waals surface area (Å²) in [5.74, 6) is 0.872. The van der Waals surface area contributed by atoms with Crippen molar-refractivity contribution in [1.82, 2.24) is 5.43 Å². The Balaban J connectivity index is 1.37. The van der Waals surface area contributed by atoms with Gasteiger partial charge in [-0.05, 0) is 59.5 Å². The minimum atomic E-state index is -3.63. The molecule has 3 aromatic rings. The number of amides is 1. The summed E-state index contributed by atoms with van der Waals surface area (Å²) >= 11 is 1.13. The van der Waals surface area contributed by atoms with Gasteiger partial charge >= 0.3 is 0 Å². The van der Waals surface area contributed by atoms with E-state index < -0.39 is 15.9 Å². The molecule has 0 fully saturated rings. The Morgan fingerprint density at radius 1 is 1.07 bits per heavy atom. The number of carbonyl (C=O) groups excluding carboxylic acids is 1. The number of benzene rings is 2. The van der Waals surface area contributed by atoms with Crippen LogP contribution in [0.2, 0.25) is 0 Å². The van der Waals surface area contributed by atoms with Crippen molar-refractivity contribution in [3.8, 4) is 11.5 Å². The molecule has 148 valence electrons.